The van der Waals surface area contributed by atoms with E-state index in [1.807, 2.05) is 0 Å². The summed E-state index contributed by atoms with van der Waals surface area (Å²) < 4.78 is 1.59. The molecular formula is C12H16Se. The first-order valence-electron chi connectivity index (χ1n) is 5.17. The van der Waals surface area contributed by atoms with Gasteiger partial charge in [0, 0.05) is 0 Å². The van der Waals surface area contributed by atoms with E-state index >= 15 is 0 Å². The minimum absolute atomic E-state index is 0.738. The Morgan fingerprint density at radius 3 is 2.31 bits per heavy atom. The first-order chi connectivity index (χ1) is 6.45. The maximum absolute atomic E-state index is 2.29. The van der Waals surface area contributed by atoms with Gasteiger partial charge in [-0.1, -0.05) is 0 Å². The van der Waals surface area contributed by atoms with Crippen LogP contribution in [0.2, 0.25) is 4.82 Å². The number of benzene rings is 1. The van der Waals surface area contributed by atoms with Gasteiger partial charge in [-0.15, -0.1) is 0 Å². The molecule has 0 unspecified atom stereocenters. The van der Waals surface area contributed by atoms with Gasteiger partial charge < -0.3 is 0 Å². The van der Waals surface area contributed by atoms with Gasteiger partial charge in [0.2, 0.25) is 0 Å². The van der Waals surface area contributed by atoms with Gasteiger partial charge in [0.05, 0.1) is 0 Å². The fraction of sp³-hybridized carbons (Fsp3) is 0.500. The fourth-order valence-electron chi connectivity index (χ4n) is 1.87. The molecule has 0 atom stereocenters. The Balaban J connectivity index is 1.90. The van der Waals surface area contributed by atoms with Gasteiger partial charge in [-0.25, -0.2) is 0 Å². The number of hydrogen-bond acceptors (Lipinski definition) is 0. The molecule has 0 aromatic heterocycles. The second kappa shape index (κ2) is 4.83. The SMILES string of the molecule is c1ccc([Se]C2CCCCC2)cc1. The van der Waals surface area contributed by atoms with E-state index in [9.17, 15) is 0 Å². The van der Waals surface area contributed by atoms with E-state index in [1.54, 1.807) is 4.46 Å². The molecule has 0 saturated heterocycles. The monoisotopic (exact) mass is 240 g/mol. The zero-order chi connectivity index (χ0) is 8.93. The molecule has 1 aliphatic carbocycles. The van der Waals surface area contributed by atoms with E-state index in [-0.39, 0.29) is 0 Å². The van der Waals surface area contributed by atoms with Crippen LogP contribution < -0.4 is 4.46 Å². The van der Waals surface area contributed by atoms with Crippen LogP contribution in [-0.2, 0) is 0 Å². The molecule has 0 N–H and O–H groups in total. The predicted octanol–water partition coefficient (Wildman–Crippen LogP) is 2.77. The summed E-state index contributed by atoms with van der Waals surface area (Å²) in [6, 6.07) is 11.0. The average molecular weight is 239 g/mol. The molecule has 0 bridgehead atoms. The van der Waals surface area contributed by atoms with Crippen molar-refractivity contribution in [2.75, 3.05) is 0 Å². The van der Waals surface area contributed by atoms with Crippen molar-refractivity contribution in [3.05, 3.63) is 30.3 Å². The second-order valence-corrected chi connectivity index (χ2v) is 6.57. The van der Waals surface area contributed by atoms with Crippen molar-refractivity contribution in [2.45, 2.75) is 36.9 Å². The van der Waals surface area contributed by atoms with E-state index in [0.717, 1.165) is 19.8 Å². The third-order valence-corrected chi connectivity index (χ3v) is 5.43. The van der Waals surface area contributed by atoms with Gasteiger partial charge in [-0.05, 0) is 0 Å². The average Bonchev–Trinajstić information content (AvgIpc) is 2.21. The van der Waals surface area contributed by atoms with Crippen LogP contribution in [0.4, 0.5) is 0 Å². The molecule has 0 radical (unpaired) electrons. The van der Waals surface area contributed by atoms with Crippen molar-refractivity contribution in [1.82, 2.24) is 0 Å². The van der Waals surface area contributed by atoms with Crippen molar-refractivity contribution in [3.8, 4) is 0 Å². The van der Waals surface area contributed by atoms with Gasteiger partial charge >= 0.3 is 86.7 Å². The van der Waals surface area contributed by atoms with E-state index in [2.05, 4.69) is 30.3 Å². The van der Waals surface area contributed by atoms with Crippen molar-refractivity contribution < 1.29 is 0 Å². The van der Waals surface area contributed by atoms with Crippen LogP contribution in [0.3, 0.4) is 0 Å². The van der Waals surface area contributed by atoms with Crippen molar-refractivity contribution >= 4 is 19.4 Å². The fourth-order valence-corrected chi connectivity index (χ4v) is 4.54. The third-order valence-electron chi connectivity index (χ3n) is 2.60. The van der Waals surface area contributed by atoms with Crippen LogP contribution in [0.25, 0.3) is 0 Å². The van der Waals surface area contributed by atoms with Gasteiger partial charge in [-0.3, -0.25) is 0 Å². The molecule has 0 spiro atoms. The number of hydrogen-bond donors (Lipinski definition) is 0. The molecule has 1 saturated carbocycles. The summed E-state index contributed by atoms with van der Waals surface area (Å²) in [4.78, 5) is 1.03. The Kier molecular flexibility index (Phi) is 3.46. The predicted molar refractivity (Wildman–Crippen MR) is 58.7 cm³/mol. The van der Waals surface area contributed by atoms with Crippen molar-refractivity contribution in [2.24, 2.45) is 0 Å². The molecule has 0 heterocycles. The molecule has 2 rings (SSSR count). The van der Waals surface area contributed by atoms with Gasteiger partial charge in [0.25, 0.3) is 0 Å². The summed E-state index contributed by atoms with van der Waals surface area (Å²) in [6.07, 6.45) is 7.38. The molecule has 13 heavy (non-hydrogen) atoms. The zero-order valence-electron chi connectivity index (χ0n) is 7.91. The summed E-state index contributed by atoms with van der Waals surface area (Å²) in [5.41, 5.74) is 0. The molecule has 0 aliphatic heterocycles. The third kappa shape index (κ3) is 2.86. The van der Waals surface area contributed by atoms with E-state index < -0.39 is 0 Å². The maximum atomic E-state index is 2.29. The molecule has 0 nitrogen and oxygen atoms in total. The Morgan fingerprint density at radius 2 is 1.62 bits per heavy atom. The second-order valence-electron chi connectivity index (χ2n) is 3.69. The van der Waals surface area contributed by atoms with Crippen LogP contribution >= 0.6 is 0 Å². The van der Waals surface area contributed by atoms with E-state index in [0.29, 0.717) is 0 Å². The molecule has 0 amide bonds. The zero-order valence-corrected chi connectivity index (χ0v) is 9.62. The molecule has 70 valence electrons. The Labute approximate surface area is 86.9 Å². The Bertz CT molecular complexity index is 237. The summed E-state index contributed by atoms with van der Waals surface area (Å²) in [6.45, 7) is 0. The van der Waals surface area contributed by atoms with Crippen molar-refractivity contribution in [3.63, 3.8) is 0 Å². The molecule has 1 aromatic rings. The van der Waals surface area contributed by atoms with Gasteiger partial charge in [0.15, 0.2) is 0 Å². The Morgan fingerprint density at radius 1 is 0.923 bits per heavy atom. The van der Waals surface area contributed by atoms with Crippen LogP contribution in [0.1, 0.15) is 32.1 Å². The molecular weight excluding hydrogens is 223 g/mol. The standard InChI is InChI=1S/C12H16Se/c1-3-7-11(8-4-1)13-12-9-5-2-6-10-12/h1,3-4,7-8,12H,2,5-6,9-10H2. The first-order valence-corrected chi connectivity index (χ1v) is 7.01. The molecule has 1 fully saturated rings. The van der Waals surface area contributed by atoms with Crippen LogP contribution in [0, 0.1) is 0 Å². The van der Waals surface area contributed by atoms with Crippen LogP contribution in [0.5, 0.6) is 0 Å². The summed E-state index contributed by atoms with van der Waals surface area (Å²) >= 11 is 0.738. The molecule has 1 heteroatoms. The van der Waals surface area contributed by atoms with Crippen molar-refractivity contribution in [1.29, 1.82) is 0 Å². The van der Waals surface area contributed by atoms with E-state index in [4.69, 9.17) is 0 Å². The number of rotatable bonds is 2. The summed E-state index contributed by atoms with van der Waals surface area (Å²) in [7, 11) is 0. The van der Waals surface area contributed by atoms with Gasteiger partial charge in [-0.2, -0.15) is 0 Å². The quantitative estimate of drug-likeness (QED) is 0.696. The van der Waals surface area contributed by atoms with Gasteiger partial charge in [0.1, 0.15) is 0 Å². The molecule has 1 aromatic carbocycles. The first kappa shape index (κ1) is 9.30. The van der Waals surface area contributed by atoms with E-state index in [1.165, 1.54) is 32.1 Å². The van der Waals surface area contributed by atoms with Crippen LogP contribution in [0.15, 0.2) is 30.3 Å². The topological polar surface area (TPSA) is 0 Å². The van der Waals surface area contributed by atoms with Crippen LogP contribution in [-0.4, -0.2) is 15.0 Å². The summed E-state index contributed by atoms with van der Waals surface area (Å²) in [5.74, 6) is 0. The normalized spacial score (nSPS) is 18.8. The Hall–Kier alpha value is -0.261. The minimum atomic E-state index is 0.738. The molecule has 1 aliphatic rings. The summed E-state index contributed by atoms with van der Waals surface area (Å²) in [5, 5.41) is 0.